The maximum atomic E-state index is 13.1. The van der Waals surface area contributed by atoms with Gasteiger partial charge in [0.15, 0.2) is 12.2 Å². The minimum Gasteiger partial charge on any atom is -0.462 e. The summed E-state index contributed by atoms with van der Waals surface area (Å²) >= 11 is 0. The number of aliphatic hydroxyl groups is 1. The van der Waals surface area contributed by atoms with Crippen molar-refractivity contribution in [1.29, 1.82) is 0 Å². The second-order valence-electron chi connectivity index (χ2n) is 29.9. The number of carbonyl (C=O) groups excluding carboxylic acids is 4. The van der Waals surface area contributed by atoms with Gasteiger partial charge in [0.2, 0.25) is 0 Å². The number of hydrogen-bond acceptors (Lipinski definition) is 15. The number of hydrogen-bond donors (Lipinski definition) is 3. The molecule has 0 aromatic rings. The predicted octanol–water partition coefficient (Wildman–Crippen LogP) is 23.2. The number of carbonyl (C=O) groups is 4. The van der Waals surface area contributed by atoms with Crippen molar-refractivity contribution in [3.05, 3.63) is 0 Å². The summed E-state index contributed by atoms with van der Waals surface area (Å²) in [5.41, 5.74) is 0. The summed E-state index contributed by atoms with van der Waals surface area (Å²) in [4.78, 5) is 73.0. The molecule has 0 spiro atoms. The van der Waals surface area contributed by atoms with Crippen LogP contribution in [0.1, 0.15) is 402 Å². The molecular formula is C79H154O17P2. The molecule has 0 amide bonds. The average molecular weight is 1440 g/mol. The quantitative estimate of drug-likeness (QED) is 0.0222. The van der Waals surface area contributed by atoms with E-state index in [-0.39, 0.29) is 25.7 Å². The van der Waals surface area contributed by atoms with Crippen molar-refractivity contribution in [3.63, 3.8) is 0 Å². The van der Waals surface area contributed by atoms with Crippen LogP contribution in [0.2, 0.25) is 0 Å². The van der Waals surface area contributed by atoms with E-state index in [1.807, 2.05) is 0 Å². The molecule has 3 N–H and O–H groups in total. The van der Waals surface area contributed by atoms with Gasteiger partial charge in [0.05, 0.1) is 26.4 Å². The topological polar surface area (TPSA) is 237 Å². The monoisotopic (exact) mass is 1440 g/mol. The van der Waals surface area contributed by atoms with Crippen LogP contribution >= 0.6 is 15.6 Å². The van der Waals surface area contributed by atoms with Crippen LogP contribution in [-0.4, -0.2) is 96.7 Å². The fraction of sp³-hybridized carbons (Fsp3) is 0.949. The molecule has 7 atom stereocenters. The van der Waals surface area contributed by atoms with Gasteiger partial charge in [-0.15, -0.1) is 0 Å². The first-order chi connectivity index (χ1) is 47.2. The van der Waals surface area contributed by atoms with Crippen LogP contribution in [-0.2, 0) is 65.4 Å². The summed E-state index contributed by atoms with van der Waals surface area (Å²) in [5.74, 6) is 1.03. The molecule has 0 aromatic heterocycles. The minimum atomic E-state index is -4.96. The summed E-state index contributed by atoms with van der Waals surface area (Å²) < 4.78 is 68.7. The molecule has 98 heavy (non-hydrogen) atoms. The summed E-state index contributed by atoms with van der Waals surface area (Å²) in [7, 11) is -9.92. The highest BCUT2D eigenvalue weighted by Crippen LogP contribution is 2.45. The van der Waals surface area contributed by atoms with E-state index in [0.29, 0.717) is 25.7 Å². The van der Waals surface area contributed by atoms with Gasteiger partial charge in [-0.1, -0.05) is 351 Å². The number of phosphoric ester groups is 2. The van der Waals surface area contributed by atoms with Gasteiger partial charge in [-0.2, -0.15) is 0 Å². The van der Waals surface area contributed by atoms with E-state index in [9.17, 15) is 43.2 Å². The van der Waals surface area contributed by atoms with Crippen LogP contribution in [0.3, 0.4) is 0 Å². The summed E-state index contributed by atoms with van der Waals surface area (Å²) in [6.45, 7) is 14.3. The zero-order valence-corrected chi connectivity index (χ0v) is 66.2. The normalized spacial score (nSPS) is 14.6. The van der Waals surface area contributed by atoms with Crippen molar-refractivity contribution < 1.29 is 80.2 Å². The summed E-state index contributed by atoms with van der Waals surface area (Å²) in [6.07, 6.45) is 54.0. The van der Waals surface area contributed by atoms with Crippen molar-refractivity contribution >= 4 is 39.5 Å². The molecule has 0 rings (SSSR count). The Labute approximate surface area is 600 Å². The second kappa shape index (κ2) is 68.2. The van der Waals surface area contributed by atoms with E-state index < -0.39 is 97.5 Å². The SMILES string of the molecule is CCC(C)CCCCCCCCCCCCC(=O)OC[C@H](COP(=O)(O)OCC(O)COP(=O)(O)OC[C@@H](COC(=O)CCCCCCCCCCC(C)C)OC(=O)CCCCCCCCCCCCC(C)CC)OC(=O)CCCCCCCCCCCCCCCCCCC(C)C. The third kappa shape index (κ3) is 69.8. The van der Waals surface area contributed by atoms with Crippen molar-refractivity contribution in [2.24, 2.45) is 23.7 Å². The molecule has 0 bridgehead atoms. The zero-order chi connectivity index (χ0) is 72.4. The van der Waals surface area contributed by atoms with E-state index in [0.717, 1.165) is 114 Å². The van der Waals surface area contributed by atoms with Crippen LogP contribution in [0.4, 0.5) is 0 Å². The van der Waals surface area contributed by atoms with Crippen LogP contribution in [0.15, 0.2) is 0 Å². The standard InChI is InChI=1S/C79H154O17P2/c1-9-71(7)57-49-41-33-24-19-21-26-35-43-51-59-76(81)89-65-74(95-78(83)61-53-45-37-27-18-16-14-12-11-13-15-17-23-31-39-47-55-69(3)4)67-93-97(85,86)91-63-73(80)64-92-98(87,88)94-68-75(66-90-77(82)60-52-44-36-30-29-32-40-48-56-70(5)6)96-79(84)62-54-46-38-28-22-20-25-34-42-50-58-72(8)10-2/h69-75,80H,9-68H2,1-8H3,(H,85,86)(H,87,88)/t71?,72?,73?,74-,75-/m1/s1. The van der Waals surface area contributed by atoms with Gasteiger partial charge >= 0.3 is 39.5 Å². The molecule has 0 aliphatic carbocycles. The molecule has 0 saturated heterocycles. The minimum absolute atomic E-state index is 0.105. The van der Waals surface area contributed by atoms with Crippen LogP contribution in [0.25, 0.3) is 0 Å². The molecule has 5 unspecified atom stereocenters. The average Bonchev–Trinajstić information content (AvgIpc) is 1.10. The summed E-state index contributed by atoms with van der Waals surface area (Å²) in [5, 5.41) is 10.6. The van der Waals surface area contributed by atoms with Gasteiger partial charge in [-0.25, -0.2) is 9.13 Å². The number of rotatable bonds is 76. The van der Waals surface area contributed by atoms with E-state index >= 15 is 0 Å². The Hall–Kier alpha value is -1.94. The number of aliphatic hydroxyl groups excluding tert-OH is 1. The molecule has 19 heteroatoms. The maximum Gasteiger partial charge on any atom is 0.472 e. The fourth-order valence-electron chi connectivity index (χ4n) is 12.0. The van der Waals surface area contributed by atoms with Crippen LogP contribution in [0, 0.1) is 23.7 Å². The first-order valence-corrected chi connectivity index (χ1v) is 43.8. The zero-order valence-electron chi connectivity index (χ0n) is 64.4. The second-order valence-corrected chi connectivity index (χ2v) is 32.8. The van der Waals surface area contributed by atoms with Gasteiger partial charge in [-0.3, -0.25) is 37.3 Å². The number of esters is 4. The molecule has 582 valence electrons. The first kappa shape index (κ1) is 96.1. The Bertz CT molecular complexity index is 1920. The highest BCUT2D eigenvalue weighted by Gasteiger charge is 2.30. The Kier molecular flexibility index (Phi) is 66.8. The fourth-order valence-corrected chi connectivity index (χ4v) is 13.6. The number of phosphoric acid groups is 2. The van der Waals surface area contributed by atoms with Crippen molar-refractivity contribution in [2.45, 2.75) is 420 Å². The largest absolute Gasteiger partial charge is 0.472 e. The van der Waals surface area contributed by atoms with Crippen LogP contribution < -0.4 is 0 Å². The van der Waals surface area contributed by atoms with E-state index in [1.165, 1.54) is 205 Å². The van der Waals surface area contributed by atoms with Crippen molar-refractivity contribution in [2.75, 3.05) is 39.6 Å². The van der Waals surface area contributed by atoms with E-state index in [2.05, 4.69) is 55.4 Å². The lowest BCUT2D eigenvalue weighted by atomic mass is 9.99. The van der Waals surface area contributed by atoms with Crippen molar-refractivity contribution in [3.8, 4) is 0 Å². The molecule has 0 aliphatic rings. The predicted molar refractivity (Wildman–Crippen MR) is 400 cm³/mol. The number of ether oxygens (including phenoxy) is 4. The lowest BCUT2D eigenvalue weighted by Crippen LogP contribution is -2.30. The third-order valence-corrected chi connectivity index (χ3v) is 20.9. The molecule has 0 fully saturated rings. The Morgan fingerprint density at radius 3 is 0.724 bits per heavy atom. The summed E-state index contributed by atoms with van der Waals surface area (Å²) in [6, 6.07) is 0. The molecule has 0 aromatic carbocycles. The number of unbranched alkanes of at least 4 members (excludes halogenated alkanes) is 40. The molecule has 0 aliphatic heterocycles. The lowest BCUT2D eigenvalue weighted by molar-refractivity contribution is -0.161. The van der Waals surface area contributed by atoms with Crippen LogP contribution in [0.5, 0.6) is 0 Å². The molecule has 0 heterocycles. The Morgan fingerprint density at radius 2 is 0.490 bits per heavy atom. The van der Waals surface area contributed by atoms with Gasteiger partial charge in [0.1, 0.15) is 19.3 Å². The highest BCUT2D eigenvalue weighted by atomic mass is 31.2. The molecule has 0 radical (unpaired) electrons. The maximum absolute atomic E-state index is 13.1. The Morgan fingerprint density at radius 1 is 0.286 bits per heavy atom. The van der Waals surface area contributed by atoms with Gasteiger partial charge in [0, 0.05) is 25.7 Å². The van der Waals surface area contributed by atoms with E-state index in [4.69, 9.17) is 37.0 Å². The third-order valence-electron chi connectivity index (χ3n) is 19.0. The van der Waals surface area contributed by atoms with Gasteiger partial charge in [0.25, 0.3) is 0 Å². The lowest BCUT2D eigenvalue weighted by Gasteiger charge is -2.21. The molecule has 0 saturated carbocycles. The van der Waals surface area contributed by atoms with Gasteiger partial charge in [-0.05, 0) is 49.4 Å². The van der Waals surface area contributed by atoms with Crippen molar-refractivity contribution in [1.82, 2.24) is 0 Å². The van der Waals surface area contributed by atoms with E-state index in [1.54, 1.807) is 0 Å². The molecular weight excluding hydrogens is 1280 g/mol. The first-order valence-electron chi connectivity index (χ1n) is 40.8. The highest BCUT2D eigenvalue weighted by molar-refractivity contribution is 7.47. The smallest absolute Gasteiger partial charge is 0.462 e. The van der Waals surface area contributed by atoms with Gasteiger partial charge < -0.3 is 33.8 Å². The Balaban J connectivity index is 5.26. The molecule has 17 nitrogen and oxygen atoms in total.